The van der Waals surface area contributed by atoms with Gasteiger partial charge < -0.3 is 5.32 Å². The Morgan fingerprint density at radius 2 is 1.92 bits per heavy atom. The third kappa shape index (κ3) is 6.66. The van der Waals surface area contributed by atoms with Crippen LogP contribution in [-0.2, 0) is 0 Å². The number of hydrogen-bond acceptors (Lipinski definition) is 1. The van der Waals surface area contributed by atoms with E-state index in [1.807, 2.05) is 7.05 Å². The fraction of sp³-hybridized carbons (Fsp3) is 0.833. The van der Waals surface area contributed by atoms with Crippen molar-refractivity contribution in [3.8, 4) is 12.3 Å². The van der Waals surface area contributed by atoms with Crippen LogP contribution in [-0.4, -0.2) is 13.1 Å². The normalized spacial score (nSPS) is 12.8. The number of terminal acetylenes is 1. The van der Waals surface area contributed by atoms with Crippen molar-refractivity contribution < 1.29 is 0 Å². The summed E-state index contributed by atoms with van der Waals surface area (Å²) in [6.45, 7) is 4.53. The largest absolute Gasteiger partial charge is 0.317 e. The first kappa shape index (κ1) is 12.5. The lowest BCUT2D eigenvalue weighted by atomic mass is 9.98. The fourth-order valence-electron chi connectivity index (χ4n) is 1.58. The molecule has 0 saturated carbocycles. The molecule has 1 unspecified atom stereocenters. The predicted octanol–water partition coefficient (Wildman–Crippen LogP) is 2.81. The maximum absolute atomic E-state index is 5.18. The van der Waals surface area contributed by atoms with Gasteiger partial charge in [-0.3, -0.25) is 0 Å². The summed E-state index contributed by atoms with van der Waals surface area (Å²) in [4.78, 5) is 0. The van der Waals surface area contributed by atoms with E-state index in [2.05, 4.69) is 25.1 Å². The van der Waals surface area contributed by atoms with Gasteiger partial charge >= 0.3 is 0 Å². The molecular weight excluding hydrogens is 158 g/mol. The average molecular weight is 181 g/mol. The van der Waals surface area contributed by atoms with Crippen LogP contribution < -0.4 is 5.32 Å². The van der Waals surface area contributed by atoms with E-state index >= 15 is 0 Å². The highest BCUT2D eigenvalue weighted by Gasteiger charge is 2.09. The molecule has 0 heterocycles. The summed E-state index contributed by atoms with van der Waals surface area (Å²) in [5, 5.41) is 3.35. The second-order valence-electron chi connectivity index (χ2n) is 3.94. The molecule has 1 N–H and O–H groups in total. The molecular formula is C12H23N. The van der Waals surface area contributed by atoms with Gasteiger partial charge in [0.1, 0.15) is 0 Å². The Morgan fingerprint density at radius 1 is 1.23 bits per heavy atom. The highest BCUT2D eigenvalue weighted by molar-refractivity contribution is 4.82. The van der Waals surface area contributed by atoms with Crippen LogP contribution in [0.3, 0.4) is 0 Å². The van der Waals surface area contributed by atoms with E-state index in [0.29, 0.717) is 6.04 Å². The summed E-state index contributed by atoms with van der Waals surface area (Å²) in [5.41, 5.74) is 0. The first-order valence-corrected chi connectivity index (χ1v) is 5.33. The van der Waals surface area contributed by atoms with Crippen molar-refractivity contribution in [2.24, 2.45) is 5.92 Å². The summed E-state index contributed by atoms with van der Waals surface area (Å²) >= 11 is 0. The smallest absolute Gasteiger partial charge is 0.00870 e. The molecule has 0 rings (SSSR count). The van der Waals surface area contributed by atoms with E-state index in [1.165, 1.54) is 25.7 Å². The lowest BCUT2D eigenvalue weighted by molar-refractivity contribution is 0.388. The van der Waals surface area contributed by atoms with Crippen molar-refractivity contribution in [2.45, 2.75) is 52.0 Å². The van der Waals surface area contributed by atoms with Gasteiger partial charge in [0.25, 0.3) is 0 Å². The van der Waals surface area contributed by atoms with Crippen molar-refractivity contribution in [1.29, 1.82) is 0 Å². The topological polar surface area (TPSA) is 12.0 Å². The van der Waals surface area contributed by atoms with Crippen molar-refractivity contribution in [3.63, 3.8) is 0 Å². The molecule has 0 amide bonds. The second-order valence-corrected chi connectivity index (χ2v) is 3.94. The van der Waals surface area contributed by atoms with Gasteiger partial charge in [-0.05, 0) is 25.8 Å². The Bertz CT molecular complexity index is 144. The molecule has 0 bridgehead atoms. The second kappa shape index (κ2) is 8.13. The first-order valence-electron chi connectivity index (χ1n) is 5.33. The molecule has 1 nitrogen and oxygen atoms in total. The van der Waals surface area contributed by atoms with Crippen LogP contribution in [0.1, 0.15) is 46.0 Å². The van der Waals surface area contributed by atoms with E-state index in [0.717, 1.165) is 12.3 Å². The summed E-state index contributed by atoms with van der Waals surface area (Å²) in [6.07, 6.45) is 11.2. The molecule has 0 aromatic rings. The van der Waals surface area contributed by atoms with Gasteiger partial charge in [0.05, 0.1) is 0 Å². The van der Waals surface area contributed by atoms with Crippen LogP contribution >= 0.6 is 0 Å². The van der Waals surface area contributed by atoms with Crippen molar-refractivity contribution >= 4 is 0 Å². The summed E-state index contributed by atoms with van der Waals surface area (Å²) < 4.78 is 0. The third-order valence-corrected chi connectivity index (χ3v) is 2.51. The van der Waals surface area contributed by atoms with Gasteiger partial charge in [0, 0.05) is 12.5 Å². The Balaban J connectivity index is 3.34. The van der Waals surface area contributed by atoms with Crippen LogP contribution in [0.2, 0.25) is 0 Å². The van der Waals surface area contributed by atoms with Crippen LogP contribution in [0.15, 0.2) is 0 Å². The molecule has 0 aliphatic carbocycles. The zero-order chi connectivity index (χ0) is 10.1. The molecule has 0 aliphatic rings. The van der Waals surface area contributed by atoms with E-state index in [1.54, 1.807) is 0 Å². The Morgan fingerprint density at radius 3 is 2.38 bits per heavy atom. The molecule has 76 valence electrons. The fourth-order valence-corrected chi connectivity index (χ4v) is 1.58. The molecule has 0 fully saturated rings. The van der Waals surface area contributed by atoms with E-state index < -0.39 is 0 Å². The minimum atomic E-state index is 0.672. The van der Waals surface area contributed by atoms with Gasteiger partial charge in [0.15, 0.2) is 0 Å². The lowest BCUT2D eigenvalue weighted by Crippen LogP contribution is -2.30. The van der Waals surface area contributed by atoms with Crippen LogP contribution in [0.5, 0.6) is 0 Å². The molecule has 1 heteroatoms. The average Bonchev–Trinajstić information content (AvgIpc) is 2.10. The van der Waals surface area contributed by atoms with E-state index in [-0.39, 0.29) is 0 Å². The molecule has 0 saturated heterocycles. The highest BCUT2D eigenvalue weighted by atomic mass is 14.9. The third-order valence-electron chi connectivity index (χ3n) is 2.51. The van der Waals surface area contributed by atoms with Crippen molar-refractivity contribution in [2.75, 3.05) is 7.05 Å². The summed E-state index contributed by atoms with van der Waals surface area (Å²) in [5.74, 6) is 3.41. The highest BCUT2D eigenvalue weighted by Crippen LogP contribution is 2.11. The molecule has 13 heavy (non-hydrogen) atoms. The zero-order valence-corrected chi connectivity index (χ0v) is 9.27. The maximum atomic E-state index is 5.18. The molecule has 0 aromatic carbocycles. The SMILES string of the molecule is C#CCCCCCC(NC)C(C)C. The summed E-state index contributed by atoms with van der Waals surface area (Å²) in [6, 6.07) is 0.672. The molecule has 1 atom stereocenters. The van der Waals surface area contributed by atoms with E-state index in [4.69, 9.17) is 6.42 Å². The van der Waals surface area contributed by atoms with Gasteiger partial charge in [-0.2, -0.15) is 0 Å². The predicted molar refractivity (Wildman–Crippen MR) is 59.6 cm³/mol. The van der Waals surface area contributed by atoms with Gasteiger partial charge in [-0.15, -0.1) is 12.3 Å². The minimum absolute atomic E-state index is 0.672. The van der Waals surface area contributed by atoms with Crippen molar-refractivity contribution in [3.05, 3.63) is 0 Å². The number of unbranched alkanes of at least 4 members (excludes halogenated alkanes) is 3. The number of rotatable bonds is 7. The number of hydrogen-bond donors (Lipinski definition) is 1. The molecule has 0 radical (unpaired) electrons. The Kier molecular flexibility index (Phi) is 7.83. The summed E-state index contributed by atoms with van der Waals surface area (Å²) in [7, 11) is 2.05. The monoisotopic (exact) mass is 181 g/mol. The molecule has 0 aromatic heterocycles. The van der Waals surface area contributed by atoms with Gasteiger partial charge in [-0.1, -0.05) is 26.7 Å². The standard InChI is InChI=1S/C12H23N/c1-5-6-7-8-9-10-12(13-4)11(2)3/h1,11-13H,6-10H2,2-4H3. The quantitative estimate of drug-likeness (QED) is 0.470. The molecule has 0 aliphatic heterocycles. The van der Waals surface area contributed by atoms with Crippen LogP contribution in [0.25, 0.3) is 0 Å². The lowest BCUT2D eigenvalue weighted by Gasteiger charge is -2.19. The molecule has 0 spiro atoms. The minimum Gasteiger partial charge on any atom is -0.317 e. The first-order chi connectivity index (χ1) is 6.22. The maximum Gasteiger partial charge on any atom is 0.00870 e. The van der Waals surface area contributed by atoms with Crippen molar-refractivity contribution in [1.82, 2.24) is 5.32 Å². The van der Waals surface area contributed by atoms with Crippen LogP contribution in [0.4, 0.5) is 0 Å². The Labute approximate surface area is 83.3 Å². The van der Waals surface area contributed by atoms with E-state index in [9.17, 15) is 0 Å². The number of nitrogens with one attached hydrogen (secondary N) is 1. The van der Waals surface area contributed by atoms with Gasteiger partial charge in [0.2, 0.25) is 0 Å². The van der Waals surface area contributed by atoms with Gasteiger partial charge in [-0.25, -0.2) is 0 Å². The zero-order valence-electron chi connectivity index (χ0n) is 9.27. The van der Waals surface area contributed by atoms with Crippen LogP contribution in [0, 0.1) is 18.3 Å². The Hall–Kier alpha value is -0.480.